The number of hydrogen-bond acceptors (Lipinski definition) is 5. The minimum atomic E-state index is -0.307. The van der Waals surface area contributed by atoms with Crippen molar-refractivity contribution in [1.82, 2.24) is 20.4 Å². The molecule has 0 unspecified atom stereocenters. The molecular weight excluding hydrogens is 387 g/mol. The number of carbonyl (C=O) groups excluding carboxylic acids is 2. The molecule has 1 saturated heterocycles. The molecule has 4 rings (SSSR count). The van der Waals surface area contributed by atoms with Crippen molar-refractivity contribution in [3.05, 3.63) is 82.8 Å². The van der Waals surface area contributed by atoms with Crippen LogP contribution in [-0.2, 0) is 17.9 Å². The van der Waals surface area contributed by atoms with Gasteiger partial charge in [0.1, 0.15) is 5.82 Å². The van der Waals surface area contributed by atoms with Gasteiger partial charge < -0.3 is 14.7 Å². The summed E-state index contributed by atoms with van der Waals surface area (Å²) in [6, 6.07) is 13.3. The zero-order valence-corrected chi connectivity index (χ0v) is 16.5. The molecule has 1 aromatic heterocycles. The zero-order valence-electron chi connectivity index (χ0n) is 16.5. The number of benzene rings is 2. The number of aromatic nitrogens is 2. The number of carbonyl (C=O) groups is 2. The molecule has 2 amide bonds. The number of amides is 2. The summed E-state index contributed by atoms with van der Waals surface area (Å²) in [4.78, 5) is 30.6. The maximum atomic E-state index is 13.1. The molecule has 30 heavy (non-hydrogen) atoms. The molecule has 0 aliphatic carbocycles. The minimum Gasteiger partial charge on any atom is -0.343 e. The van der Waals surface area contributed by atoms with Crippen LogP contribution in [0.15, 0.2) is 53.1 Å². The van der Waals surface area contributed by atoms with Gasteiger partial charge in [0.05, 0.1) is 6.54 Å². The maximum absolute atomic E-state index is 13.1. The average molecular weight is 408 g/mol. The smallest absolute Gasteiger partial charge is 0.251 e. The van der Waals surface area contributed by atoms with Gasteiger partial charge >= 0.3 is 0 Å². The fourth-order valence-electron chi connectivity index (χ4n) is 3.38. The van der Waals surface area contributed by atoms with E-state index in [0.29, 0.717) is 24.5 Å². The second-order valence-electron chi connectivity index (χ2n) is 7.40. The van der Waals surface area contributed by atoms with Crippen LogP contribution in [-0.4, -0.2) is 33.4 Å². The van der Waals surface area contributed by atoms with Gasteiger partial charge in [-0.25, -0.2) is 4.39 Å². The third kappa shape index (κ3) is 4.53. The molecule has 1 aliphatic heterocycles. The number of likely N-dealkylation sites (tertiary alicyclic amines) is 1. The second kappa shape index (κ2) is 8.44. The molecule has 3 aromatic rings. The van der Waals surface area contributed by atoms with Gasteiger partial charge in [-0.3, -0.25) is 9.59 Å². The highest BCUT2D eigenvalue weighted by Crippen LogP contribution is 2.27. The fourth-order valence-corrected chi connectivity index (χ4v) is 3.38. The van der Waals surface area contributed by atoms with Crippen molar-refractivity contribution >= 4 is 11.8 Å². The van der Waals surface area contributed by atoms with Crippen molar-refractivity contribution in [2.45, 2.75) is 32.4 Å². The van der Waals surface area contributed by atoms with Gasteiger partial charge in [-0.2, -0.15) is 4.98 Å². The quantitative estimate of drug-likeness (QED) is 0.678. The van der Waals surface area contributed by atoms with Crippen molar-refractivity contribution < 1.29 is 18.5 Å². The lowest BCUT2D eigenvalue weighted by atomic mass is 10.1. The molecule has 1 aliphatic rings. The molecule has 154 valence electrons. The lowest BCUT2D eigenvalue weighted by Crippen LogP contribution is -2.24. The molecule has 1 N–H and O–H groups in total. The van der Waals surface area contributed by atoms with Gasteiger partial charge in [0.15, 0.2) is 5.82 Å². The number of hydrogen-bond donors (Lipinski definition) is 1. The molecule has 0 spiro atoms. The Balaban J connectivity index is 1.33. The highest BCUT2D eigenvalue weighted by Gasteiger charge is 2.33. The molecule has 0 bridgehead atoms. The topological polar surface area (TPSA) is 88.3 Å². The van der Waals surface area contributed by atoms with Crippen molar-refractivity contribution in [2.75, 3.05) is 6.54 Å². The highest BCUT2D eigenvalue weighted by molar-refractivity contribution is 5.94. The Bertz CT molecular complexity index is 1050. The fraction of sp³-hybridized carbons (Fsp3) is 0.273. The van der Waals surface area contributed by atoms with Gasteiger partial charge in [-0.15, -0.1) is 0 Å². The predicted octanol–water partition coefficient (Wildman–Crippen LogP) is 2.96. The molecule has 2 heterocycles. The first-order valence-corrected chi connectivity index (χ1v) is 9.67. The average Bonchev–Trinajstić information content (AvgIpc) is 3.35. The summed E-state index contributed by atoms with van der Waals surface area (Å²) in [7, 11) is 0. The Labute approximate surface area is 172 Å². The van der Waals surface area contributed by atoms with Gasteiger partial charge in [0.2, 0.25) is 11.8 Å². The maximum Gasteiger partial charge on any atom is 0.251 e. The van der Waals surface area contributed by atoms with Crippen molar-refractivity contribution in [3.63, 3.8) is 0 Å². The van der Waals surface area contributed by atoms with Crippen LogP contribution in [0.1, 0.15) is 45.5 Å². The summed E-state index contributed by atoms with van der Waals surface area (Å²) in [6.07, 6.45) is 0.288. The summed E-state index contributed by atoms with van der Waals surface area (Å²) in [6.45, 7) is 2.94. The Morgan fingerprint density at radius 2 is 1.93 bits per heavy atom. The third-order valence-electron chi connectivity index (χ3n) is 5.06. The van der Waals surface area contributed by atoms with E-state index in [1.807, 2.05) is 19.1 Å². The zero-order chi connectivity index (χ0) is 21.1. The number of nitrogens with zero attached hydrogens (tertiary/aromatic N) is 3. The summed E-state index contributed by atoms with van der Waals surface area (Å²) in [5.74, 6) is 0.0143. The van der Waals surface area contributed by atoms with Gasteiger partial charge in [-0.1, -0.05) is 35.0 Å². The van der Waals surface area contributed by atoms with Gasteiger partial charge in [-0.05, 0) is 36.8 Å². The molecule has 0 saturated carbocycles. The summed E-state index contributed by atoms with van der Waals surface area (Å²) >= 11 is 0. The van der Waals surface area contributed by atoms with E-state index in [4.69, 9.17) is 4.52 Å². The molecule has 2 aromatic carbocycles. The molecule has 0 radical (unpaired) electrons. The lowest BCUT2D eigenvalue weighted by molar-refractivity contribution is -0.128. The molecular formula is C22H21FN4O3. The number of rotatable bonds is 6. The molecule has 8 heteroatoms. The first-order valence-electron chi connectivity index (χ1n) is 9.67. The second-order valence-corrected chi connectivity index (χ2v) is 7.40. The molecule has 7 nitrogen and oxygen atoms in total. The SMILES string of the molecule is Cc1ccc(C(=O)NCc2nc([C@@H]3CC(=O)N(Cc4ccc(F)cc4)C3)no2)cc1. The van der Waals surface area contributed by atoms with E-state index in [1.54, 1.807) is 29.2 Å². The highest BCUT2D eigenvalue weighted by atomic mass is 19.1. The van der Waals surface area contributed by atoms with Crippen LogP contribution in [0.4, 0.5) is 4.39 Å². The number of nitrogens with one attached hydrogen (secondary N) is 1. The van der Waals surface area contributed by atoms with E-state index in [9.17, 15) is 14.0 Å². The van der Waals surface area contributed by atoms with Gasteiger partial charge in [0.25, 0.3) is 5.91 Å². The first kappa shape index (κ1) is 19.8. The van der Waals surface area contributed by atoms with E-state index < -0.39 is 0 Å². The van der Waals surface area contributed by atoms with E-state index in [2.05, 4.69) is 15.5 Å². The van der Waals surface area contributed by atoms with Crippen molar-refractivity contribution in [2.24, 2.45) is 0 Å². The summed E-state index contributed by atoms with van der Waals surface area (Å²) in [5.41, 5.74) is 2.49. The van der Waals surface area contributed by atoms with E-state index in [-0.39, 0.29) is 42.4 Å². The Morgan fingerprint density at radius 3 is 2.67 bits per heavy atom. The van der Waals surface area contributed by atoms with Crippen LogP contribution in [0.25, 0.3) is 0 Å². The number of aryl methyl sites for hydroxylation is 1. The monoisotopic (exact) mass is 408 g/mol. The first-order chi connectivity index (χ1) is 14.5. The predicted molar refractivity (Wildman–Crippen MR) is 106 cm³/mol. The van der Waals surface area contributed by atoms with Gasteiger partial charge in [0, 0.05) is 31.0 Å². The minimum absolute atomic E-state index is 0.0108. The van der Waals surface area contributed by atoms with Crippen LogP contribution < -0.4 is 5.32 Å². The molecule has 1 fully saturated rings. The van der Waals surface area contributed by atoms with Crippen LogP contribution >= 0.6 is 0 Å². The largest absolute Gasteiger partial charge is 0.343 e. The van der Waals surface area contributed by atoms with Crippen molar-refractivity contribution in [3.8, 4) is 0 Å². The lowest BCUT2D eigenvalue weighted by Gasteiger charge is -2.16. The van der Waals surface area contributed by atoms with E-state index >= 15 is 0 Å². The van der Waals surface area contributed by atoms with Crippen LogP contribution in [0.2, 0.25) is 0 Å². The normalized spacial score (nSPS) is 16.1. The summed E-state index contributed by atoms with van der Waals surface area (Å²) < 4.78 is 18.3. The van der Waals surface area contributed by atoms with Crippen LogP contribution in [0.3, 0.4) is 0 Å². The number of halogens is 1. The van der Waals surface area contributed by atoms with E-state index in [0.717, 1.165) is 11.1 Å². The Morgan fingerprint density at radius 1 is 1.20 bits per heavy atom. The van der Waals surface area contributed by atoms with Crippen LogP contribution in [0, 0.1) is 12.7 Å². The van der Waals surface area contributed by atoms with Crippen LogP contribution in [0.5, 0.6) is 0 Å². The Hall–Kier alpha value is -3.55. The van der Waals surface area contributed by atoms with E-state index in [1.165, 1.54) is 12.1 Å². The summed E-state index contributed by atoms with van der Waals surface area (Å²) in [5, 5.41) is 6.73. The Kier molecular flexibility index (Phi) is 5.56. The van der Waals surface area contributed by atoms with Crippen molar-refractivity contribution in [1.29, 1.82) is 0 Å². The standard InChI is InChI=1S/C22H21FN4O3/c1-14-2-6-16(7-3-14)22(29)24-11-19-25-21(26-30-19)17-10-20(28)27(13-17)12-15-4-8-18(23)9-5-15/h2-9,17H,10-13H2,1H3,(H,24,29)/t17-/m1/s1. The molecule has 1 atom stereocenters. The third-order valence-corrected chi connectivity index (χ3v) is 5.06.